The van der Waals surface area contributed by atoms with Gasteiger partial charge in [-0.25, -0.2) is 4.98 Å². The minimum atomic E-state index is -0.264. The van der Waals surface area contributed by atoms with Crippen molar-refractivity contribution in [3.8, 4) is 11.5 Å². The van der Waals surface area contributed by atoms with Crippen LogP contribution in [0.1, 0.15) is 10.9 Å². The lowest BCUT2D eigenvalue weighted by Gasteiger charge is -2.26. The van der Waals surface area contributed by atoms with Crippen LogP contribution in [-0.4, -0.2) is 30.9 Å². The summed E-state index contributed by atoms with van der Waals surface area (Å²) in [6, 6.07) is 15.1. The molecular weight excluding hydrogens is 384 g/mol. The zero-order valence-corrected chi connectivity index (χ0v) is 16.4. The molecule has 1 aliphatic heterocycles. The second-order valence-electron chi connectivity index (χ2n) is 6.03. The molecule has 138 valence electrons. The summed E-state index contributed by atoms with van der Waals surface area (Å²) < 4.78 is 10.7. The zero-order valence-electron chi connectivity index (χ0n) is 14.8. The summed E-state index contributed by atoms with van der Waals surface area (Å²) in [5.74, 6) is 1.76. The lowest BCUT2D eigenvalue weighted by molar-refractivity contribution is -0.115. The number of aromatic nitrogens is 1. The summed E-state index contributed by atoms with van der Waals surface area (Å²) in [5.41, 5.74) is 2.28. The Balaban J connectivity index is 1.81. The molecule has 7 heteroatoms. The first kappa shape index (κ1) is 17.9. The van der Waals surface area contributed by atoms with Gasteiger partial charge in [0.25, 0.3) is 0 Å². The molecule has 0 spiro atoms. The maximum Gasteiger partial charge on any atom is 0.238 e. The molecule has 3 aromatic rings. The number of methoxy groups -OCH3 is 2. The fourth-order valence-electron chi connectivity index (χ4n) is 3.18. The number of carbonyl (C=O) groups excluding carboxylic acids is 1. The van der Waals surface area contributed by atoms with E-state index >= 15 is 0 Å². The molecule has 1 saturated heterocycles. The van der Waals surface area contributed by atoms with Gasteiger partial charge in [0.05, 0.1) is 31.2 Å². The van der Waals surface area contributed by atoms with Crippen LogP contribution in [0.3, 0.4) is 0 Å². The van der Waals surface area contributed by atoms with Crippen LogP contribution in [0.2, 0.25) is 5.15 Å². The molecule has 4 rings (SSSR count). The number of halogens is 1. The summed E-state index contributed by atoms with van der Waals surface area (Å²) >= 11 is 8.05. The van der Waals surface area contributed by atoms with Gasteiger partial charge in [-0.15, -0.1) is 11.8 Å². The van der Waals surface area contributed by atoms with Crippen molar-refractivity contribution < 1.29 is 14.3 Å². The van der Waals surface area contributed by atoms with E-state index in [0.29, 0.717) is 16.7 Å². The number of anilines is 1. The second kappa shape index (κ2) is 7.29. The molecule has 0 bridgehead atoms. The molecule has 2 heterocycles. The maximum absolute atomic E-state index is 12.7. The van der Waals surface area contributed by atoms with E-state index in [-0.39, 0.29) is 11.3 Å². The number of hydrogen-bond acceptors (Lipinski definition) is 5. The van der Waals surface area contributed by atoms with Crippen molar-refractivity contribution in [3.63, 3.8) is 0 Å². The van der Waals surface area contributed by atoms with E-state index in [1.54, 1.807) is 19.1 Å². The van der Waals surface area contributed by atoms with Crippen molar-refractivity contribution in [3.05, 3.63) is 59.2 Å². The van der Waals surface area contributed by atoms with Crippen LogP contribution in [0.25, 0.3) is 10.9 Å². The summed E-state index contributed by atoms with van der Waals surface area (Å²) in [6.07, 6.45) is 0. The van der Waals surface area contributed by atoms with Gasteiger partial charge in [0.1, 0.15) is 22.0 Å². The maximum atomic E-state index is 12.7. The van der Waals surface area contributed by atoms with Gasteiger partial charge in [0, 0.05) is 17.0 Å². The number of nitrogens with zero attached hydrogens (tertiary/aromatic N) is 2. The average molecular weight is 401 g/mol. The fourth-order valence-corrected chi connectivity index (χ4v) is 4.68. The van der Waals surface area contributed by atoms with Crippen molar-refractivity contribution in [1.82, 2.24) is 4.98 Å². The summed E-state index contributed by atoms with van der Waals surface area (Å²) in [7, 11) is 3.21. The highest BCUT2D eigenvalue weighted by molar-refractivity contribution is 8.00. The third-order valence-electron chi connectivity index (χ3n) is 4.48. The van der Waals surface area contributed by atoms with E-state index in [9.17, 15) is 4.79 Å². The Kier molecular flexibility index (Phi) is 4.85. The predicted molar refractivity (Wildman–Crippen MR) is 109 cm³/mol. The molecule has 1 fully saturated rings. The summed E-state index contributed by atoms with van der Waals surface area (Å²) in [5, 5.41) is 1.05. The number of thioether (sulfide) groups is 1. The van der Waals surface area contributed by atoms with Gasteiger partial charge in [0.2, 0.25) is 5.91 Å². The van der Waals surface area contributed by atoms with Gasteiger partial charge in [-0.3, -0.25) is 9.69 Å². The Morgan fingerprint density at radius 2 is 1.96 bits per heavy atom. The number of amides is 1. The molecule has 5 nitrogen and oxygen atoms in total. The van der Waals surface area contributed by atoms with E-state index in [4.69, 9.17) is 21.1 Å². The number of benzene rings is 2. The number of hydrogen-bond donors (Lipinski definition) is 0. The van der Waals surface area contributed by atoms with Crippen LogP contribution in [0, 0.1) is 0 Å². The van der Waals surface area contributed by atoms with E-state index < -0.39 is 0 Å². The van der Waals surface area contributed by atoms with Crippen LogP contribution >= 0.6 is 23.4 Å². The zero-order chi connectivity index (χ0) is 19.0. The highest BCUT2D eigenvalue weighted by atomic mass is 35.5. The quantitative estimate of drug-likeness (QED) is 0.595. The number of fused-ring (bicyclic) bond motifs is 1. The normalized spacial score (nSPS) is 16.8. The fraction of sp³-hybridized carbons (Fsp3) is 0.200. The molecule has 0 aliphatic carbocycles. The standard InChI is InChI=1S/C20H17ClN2O3S/c1-25-13-8-7-12-9-14(19(21)22-15(12)10-13)20-23(18(24)11-27-20)16-5-3-4-6-17(16)26-2/h3-10,20H,11H2,1-2H3. The number of rotatable bonds is 4. The minimum absolute atomic E-state index is 0.0143. The van der Waals surface area contributed by atoms with Crippen LogP contribution in [0.5, 0.6) is 11.5 Å². The third kappa shape index (κ3) is 3.19. The van der Waals surface area contributed by atoms with Gasteiger partial charge in [-0.1, -0.05) is 23.7 Å². The van der Waals surface area contributed by atoms with Crippen molar-refractivity contribution in [1.29, 1.82) is 0 Å². The predicted octanol–water partition coefficient (Wildman–Crippen LogP) is 4.68. The van der Waals surface area contributed by atoms with E-state index in [2.05, 4.69) is 4.98 Å². The first-order valence-electron chi connectivity index (χ1n) is 8.33. The Hall–Kier alpha value is -2.44. The second-order valence-corrected chi connectivity index (χ2v) is 7.45. The average Bonchev–Trinajstić information content (AvgIpc) is 3.07. The van der Waals surface area contributed by atoms with Gasteiger partial charge in [-0.2, -0.15) is 0 Å². The molecule has 1 unspecified atom stereocenters. The van der Waals surface area contributed by atoms with E-state index in [0.717, 1.165) is 27.9 Å². The SMILES string of the molecule is COc1ccc2cc(C3SCC(=O)N3c3ccccc3OC)c(Cl)nc2c1. The van der Waals surface area contributed by atoms with Gasteiger partial charge in [-0.05, 0) is 30.3 Å². The number of pyridine rings is 1. The number of para-hydroxylation sites is 2. The highest BCUT2D eigenvalue weighted by Crippen LogP contribution is 2.46. The van der Waals surface area contributed by atoms with E-state index in [1.807, 2.05) is 48.5 Å². The number of carbonyl (C=O) groups is 1. The molecule has 0 N–H and O–H groups in total. The van der Waals surface area contributed by atoms with Crippen molar-refractivity contribution in [2.75, 3.05) is 24.9 Å². The Morgan fingerprint density at radius 3 is 2.74 bits per heavy atom. The molecule has 0 radical (unpaired) electrons. The lowest BCUT2D eigenvalue weighted by Crippen LogP contribution is -2.28. The Morgan fingerprint density at radius 1 is 1.15 bits per heavy atom. The van der Waals surface area contributed by atoms with Crippen molar-refractivity contribution >= 4 is 45.9 Å². The molecule has 2 aromatic carbocycles. The Bertz CT molecular complexity index is 1030. The topological polar surface area (TPSA) is 51.7 Å². The van der Waals surface area contributed by atoms with Gasteiger partial charge >= 0.3 is 0 Å². The molecule has 0 saturated carbocycles. The Labute approximate surface area is 166 Å². The van der Waals surface area contributed by atoms with Crippen LogP contribution < -0.4 is 14.4 Å². The van der Waals surface area contributed by atoms with Gasteiger partial charge in [0.15, 0.2) is 0 Å². The summed E-state index contributed by atoms with van der Waals surface area (Å²) in [4.78, 5) is 18.9. The highest BCUT2D eigenvalue weighted by Gasteiger charge is 2.37. The lowest BCUT2D eigenvalue weighted by atomic mass is 10.1. The van der Waals surface area contributed by atoms with Crippen LogP contribution in [0.15, 0.2) is 48.5 Å². The van der Waals surface area contributed by atoms with Crippen LogP contribution in [0.4, 0.5) is 5.69 Å². The van der Waals surface area contributed by atoms with Crippen molar-refractivity contribution in [2.45, 2.75) is 5.37 Å². The molecular formula is C20H17ClN2O3S. The molecule has 1 aromatic heterocycles. The largest absolute Gasteiger partial charge is 0.497 e. The van der Waals surface area contributed by atoms with Crippen molar-refractivity contribution in [2.24, 2.45) is 0 Å². The first-order valence-corrected chi connectivity index (χ1v) is 9.76. The van der Waals surface area contributed by atoms with Gasteiger partial charge < -0.3 is 9.47 Å². The summed E-state index contributed by atoms with van der Waals surface area (Å²) in [6.45, 7) is 0. The monoisotopic (exact) mass is 400 g/mol. The first-order chi connectivity index (χ1) is 13.1. The molecule has 1 amide bonds. The molecule has 27 heavy (non-hydrogen) atoms. The smallest absolute Gasteiger partial charge is 0.238 e. The number of ether oxygens (including phenoxy) is 2. The van der Waals surface area contributed by atoms with Crippen LogP contribution in [-0.2, 0) is 4.79 Å². The molecule has 1 atom stereocenters. The molecule has 1 aliphatic rings. The van der Waals surface area contributed by atoms with E-state index in [1.165, 1.54) is 11.8 Å². The minimum Gasteiger partial charge on any atom is -0.497 e. The third-order valence-corrected chi connectivity index (χ3v) is 5.98.